The van der Waals surface area contributed by atoms with Crippen LogP contribution in [0.15, 0.2) is 41.6 Å². The average molecular weight is 393 g/mol. The van der Waals surface area contributed by atoms with Gasteiger partial charge >= 0.3 is 0 Å². The number of nitrogens with zero attached hydrogens (tertiary/aromatic N) is 3. The van der Waals surface area contributed by atoms with Gasteiger partial charge < -0.3 is 10.6 Å². The van der Waals surface area contributed by atoms with Crippen LogP contribution in [0.25, 0.3) is 0 Å². The molecule has 8 heteroatoms. The van der Waals surface area contributed by atoms with Gasteiger partial charge in [-0.25, -0.2) is 9.07 Å². The predicted octanol–water partition coefficient (Wildman–Crippen LogP) is 4.27. The minimum absolute atomic E-state index is 0.189. The molecule has 136 valence electrons. The number of rotatable bonds is 6. The van der Waals surface area contributed by atoms with Crippen LogP contribution in [-0.4, -0.2) is 14.9 Å². The van der Waals surface area contributed by atoms with E-state index in [0.717, 1.165) is 11.3 Å². The summed E-state index contributed by atoms with van der Waals surface area (Å²) >= 11 is 7.30. The summed E-state index contributed by atoms with van der Waals surface area (Å²) < 4.78 is 21.0. The summed E-state index contributed by atoms with van der Waals surface area (Å²) in [5.41, 5.74) is 2.62. The molecule has 26 heavy (non-hydrogen) atoms. The van der Waals surface area contributed by atoms with Crippen molar-refractivity contribution in [2.45, 2.75) is 31.4 Å². The van der Waals surface area contributed by atoms with E-state index in [9.17, 15) is 4.39 Å². The lowest BCUT2D eigenvalue weighted by molar-refractivity contribution is 0.289. The minimum atomic E-state index is -0.355. The van der Waals surface area contributed by atoms with E-state index in [1.54, 1.807) is 12.1 Å². The summed E-state index contributed by atoms with van der Waals surface area (Å²) in [5, 5.41) is 8.93. The molecule has 0 spiro atoms. The van der Waals surface area contributed by atoms with Crippen LogP contribution >= 0.6 is 23.4 Å². The summed E-state index contributed by atoms with van der Waals surface area (Å²) in [6, 6.07) is 10.5. The number of benzene rings is 2. The van der Waals surface area contributed by atoms with Crippen LogP contribution < -0.4 is 10.6 Å². The largest absolute Gasteiger partial charge is 0.485 e. The fraction of sp³-hybridized carbons (Fsp3) is 0.222. The Balaban J connectivity index is 1.66. The van der Waals surface area contributed by atoms with E-state index < -0.39 is 0 Å². The Hall–Kier alpha value is -2.25. The normalized spacial score (nSPS) is 10.9. The number of hydrogen-bond acceptors (Lipinski definition) is 5. The Morgan fingerprint density at radius 1 is 1.23 bits per heavy atom. The highest BCUT2D eigenvalue weighted by Gasteiger charge is 2.14. The molecule has 0 aliphatic heterocycles. The minimum Gasteiger partial charge on any atom is -0.485 e. The van der Waals surface area contributed by atoms with Gasteiger partial charge in [0, 0.05) is 16.3 Å². The lowest BCUT2D eigenvalue weighted by atomic mass is 10.1. The maximum atomic E-state index is 13.8. The Bertz CT molecular complexity index is 911. The first-order valence-electron chi connectivity index (χ1n) is 7.91. The molecule has 0 unspecified atom stereocenters. The smallest absolute Gasteiger partial charge is 0.210 e. The first-order valence-corrected chi connectivity index (χ1v) is 9.27. The SMILES string of the molecule is Cc1ccc(OCc2nnc(SCc3c(F)cccc3Cl)n2N)c(C)c1. The Morgan fingerprint density at radius 3 is 2.77 bits per heavy atom. The third kappa shape index (κ3) is 4.11. The second-order valence-electron chi connectivity index (χ2n) is 5.82. The summed E-state index contributed by atoms with van der Waals surface area (Å²) in [5.74, 6) is 7.23. The number of thioether (sulfide) groups is 1. The fourth-order valence-corrected chi connectivity index (χ4v) is 3.63. The molecule has 1 heterocycles. The molecule has 1 aromatic heterocycles. The van der Waals surface area contributed by atoms with Gasteiger partial charge in [-0.3, -0.25) is 0 Å². The highest BCUT2D eigenvalue weighted by atomic mass is 35.5. The molecule has 0 fully saturated rings. The van der Waals surface area contributed by atoms with E-state index in [1.807, 2.05) is 32.0 Å². The van der Waals surface area contributed by atoms with Crippen LogP contribution in [-0.2, 0) is 12.4 Å². The number of aromatic nitrogens is 3. The van der Waals surface area contributed by atoms with Gasteiger partial charge in [-0.15, -0.1) is 10.2 Å². The number of nitrogen functional groups attached to an aromatic ring is 1. The van der Waals surface area contributed by atoms with E-state index in [4.69, 9.17) is 22.2 Å². The van der Waals surface area contributed by atoms with Crippen molar-refractivity contribution in [1.29, 1.82) is 0 Å². The molecule has 0 amide bonds. The van der Waals surface area contributed by atoms with Crippen molar-refractivity contribution < 1.29 is 9.13 Å². The van der Waals surface area contributed by atoms with Crippen molar-refractivity contribution in [3.05, 3.63) is 69.8 Å². The fourth-order valence-electron chi connectivity index (χ4n) is 2.41. The molecule has 0 aliphatic carbocycles. The molecule has 3 rings (SSSR count). The number of ether oxygens (including phenoxy) is 1. The standard InChI is InChI=1S/C18H18ClFN4OS/c1-11-6-7-16(12(2)8-11)25-9-17-22-23-18(24(17)21)26-10-13-14(19)4-3-5-15(13)20/h3-8H,9-10,21H2,1-2H3. The third-order valence-electron chi connectivity index (χ3n) is 3.83. The quantitative estimate of drug-likeness (QED) is 0.501. The van der Waals surface area contributed by atoms with Crippen molar-refractivity contribution in [2.24, 2.45) is 0 Å². The summed E-state index contributed by atoms with van der Waals surface area (Å²) in [4.78, 5) is 0. The molecule has 0 radical (unpaired) electrons. The first-order chi connectivity index (χ1) is 12.5. The number of hydrogen-bond donors (Lipinski definition) is 1. The van der Waals surface area contributed by atoms with Crippen LogP contribution in [0.4, 0.5) is 4.39 Å². The van der Waals surface area contributed by atoms with E-state index in [2.05, 4.69) is 10.2 Å². The van der Waals surface area contributed by atoms with Gasteiger partial charge in [0.2, 0.25) is 5.16 Å². The maximum absolute atomic E-state index is 13.8. The van der Waals surface area contributed by atoms with Gasteiger partial charge in [0.05, 0.1) is 0 Å². The average Bonchev–Trinajstić information content (AvgIpc) is 2.94. The van der Waals surface area contributed by atoms with Crippen LogP contribution in [0, 0.1) is 19.7 Å². The number of nitrogens with two attached hydrogens (primary N) is 1. The summed E-state index contributed by atoms with van der Waals surface area (Å²) in [6.07, 6.45) is 0. The highest BCUT2D eigenvalue weighted by molar-refractivity contribution is 7.98. The summed E-state index contributed by atoms with van der Waals surface area (Å²) in [6.45, 7) is 4.20. The Morgan fingerprint density at radius 2 is 2.04 bits per heavy atom. The number of halogens is 2. The predicted molar refractivity (Wildman–Crippen MR) is 101 cm³/mol. The molecular formula is C18H18ClFN4OS. The monoisotopic (exact) mass is 392 g/mol. The van der Waals surface area contributed by atoms with Crippen LogP contribution in [0.5, 0.6) is 5.75 Å². The van der Waals surface area contributed by atoms with E-state index in [1.165, 1.54) is 28.1 Å². The van der Waals surface area contributed by atoms with Crippen molar-refractivity contribution in [3.8, 4) is 5.75 Å². The Kier molecular flexibility index (Phi) is 5.68. The third-order valence-corrected chi connectivity index (χ3v) is 5.15. The zero-order valence-corrected chi connectivity index (χ0v) is 15.9. The first kappa shape index (κ1) is 18.5. The van der Waals surface area contributed by atoms with E-state index in [0.29, 0.717) is 27.3 Å². The summed E-state index contributed by atoms with van der Waals surface area (Å²) in [7, 11) is 0. The zero-order valence-electron chi connectivity index (χ0n) is 14.4. The van der Waals surface area contributed by atoms with Crippen LogP contribution in [0.1, 0.15) is 22.5 Å². The zero-order chi connectivity index (χ0) is 18.7. The van der Waals surface area contributed by atoms with Gasteiger partial charge in [-0.2, -0.15) is 0 Å². The molecule has 0 saturated carbocycles. The van der Waals surface area contributed by atoms with Crippen LogP contribution in [0.2, 0.25) is 5.02 Å². The highest BCUT2D eigenvalue weighted by Crippen LogP contribution is 2.27. The van der Waals surface area contributed by atoms with Gasteiger partial charge in [-0.05, 0) is 37.6 Å². The molecule has 2 aromatic carbocycles. The van der Waals surface area contributed by atoms with Crippen LogP contribution in [0.3, 0.4) is 0 Å². The Labute approximate surface area is 160 Å². The molecular weight excluding hydrogens is 375 g/mol. The van der Waals surface area contributed by atoms with Gasteiger partial charge in [0.25, 0.3) is 0 Å². The second kappa shape index (κ2) is 7.97. The number of aryl methyl sites for hydroxylation is 2. The molecule has 3 aromatic rings. The van der Waals surface area contributed by atoms with Gasteiger partial charge in [0.1, 0.15) is 18.2 Å². The van der Waals surface area contributed by atoms with Crippen molar-refractivity contribution in [2.75, 3.05) is 5.84 Å². The molecule has 2 N–H and O–H groups in total. The van der Waals surface area contributed by atoms with Crippen molar-refractivity contribution in [3.63, 3.8) is 0 Å². The van der Waals surface area contributed by atoms with Gasteiger partial charge in [-0.1, -0.05) is 47.1 Å². The molecule has 0 aliphatic rings. The van der Waals surface area contributed by atoms with E-state index >= 15 is 0 Å². The van der Waals surface area contributed by atoms with Crippen molar-refractivity contribution in [1.82, 2.24) is 14.9 Å². The second-order valence-corrected chi connectivity index (χ2v) is 7.17. The van der Waals surface area contributed by atoms with Crippen molar-refractivity contribution >= 4 is 23.4 Å². The van der Waals surface area contributed by atoms with Gasteiger partial charge in [0.15, 0.2) is 5.82 Å². The van der Waals surface area contributed by atoms with E-state index in [-0.39, 0.29) is 12.4 Å². The lowest BCUT2D eigenvalue weighted by Crippen LogP contribution is -2.16. The molecule has 5 nitrogen and oxygen atoms in total. The lowest BCUT2D eigenvalue weighted by Gasteiger charge is -2.09. The maximum Gasteiger partial charge on any atom is 0.210 e. The molecule has 0 bridgehead atoms. The molecule has 0 atom stereocenters. The topological polar surface area (TPSA) is 66.0 Å². The molecule has 0 saturated heterocycles.